The third-order valence-corrected chi connectivity index (χ3v) is 3.18. The van der Waals surface area contributed by atoms with E-state index >= 15 is 0 Å². The van der Waals surface area contributed by atoms with Crippen LogP contribution < -0.4 is 35.4 Å². The van der Waals surface area contributed by atoms with E-state index in [-0.39, 0.29) is 72.7 Å². The summed E-state index contributed by atoms with van der Waals surface area (Å²) in [6.07, 6.45) is 5.05. The van der Waals surface area contributed by atoms with Crippen LogP contribution in [0.1, 0.15) is 66.8 Å². The maximum atomic E-state index is 11.6. The van der Waals surface area contributed by atoms with Crippen molar-refractivity contribution >= 4 is 30.7 Å². The molecule has 0 aromatic heterocycles. The number of benzene rings is 1. The van der Waals surface area contributed by atoms with Crippen LogP contribution in [-0.4, -0.2) is 21.9 Å². The summed E-state index contributed by atoms with van der Waals surface area (Å²) in [5, 5.41) is 1.35. The Morgan fingerprint density at radius 1 is 1.08 bits per heavy atom. The molecule has 146 valence electrons. The summed E-state index contributed by atoms with van der Waals surface area (Å²) in [6.45, 7) is 10.1. The molecule has 4 N–H and O–H groups in total. The van der Waals surface area contributed by atoms with Crippen LogP contribution in [-0.2, 0) is 4.79 Å². The summed E-state index contributed by atoms with van der Waals surface area (Å²) in [6, 6.07) is 10.3. The molecule has 7 heteroatoms. The molecule has 0 atom stereocenters. The predicted molar refractivity (Wildman–Crippen MR) is 110 cm³/mol. The van der Waals surface area contributed by atoms with Gasteiger partial charge in [0.25, 0.3) is 0 Å². The molecule has 25 heavy (non-hydrogen) atoms. The van der Waals surface area contributed by atoms with Gasteiger partial charge < -0.3 is 6.90 Å². The first-order valence-electron chi connectivity index (χ1n) is 7.88. The first kappa shape index (κ1) is 36.2. The molecule has 1 rings (SSSR count). The summed E-state index contributed by atoms with van der Waals surface area (Å²) in [5.41, 5.74) is 1.06. The van der Waals surface area contributed by atoms with Gasteiger partial charge in [0, 0.05) is 6.42 Å². The van der Waals surface area contributed by atoms with Crippen LogP contribution in [0.25, 0.3) is 0 Å². The molecule has 1 amide bonds. The molecule has 0 aliphatic rings. The van der Waals surface area contributed by atoms with E-state index < -0.39 is 0 Å². The third-order valence-electron chi connectivity index (χ3n) is 3.18. The van der Waals surface area contributed by atoms with E-state index in [4.69, 9.17) is 5.84 Å². The number of rotatable bonds is 5. The molecule has 0 saturated heterocycles. The minimum Gasteiger partial charge on any atom is -1.00 e. The first-order chi connectivity index (χ1) is 9.79. The van der Waals surface area contributed by atoms with Crippen LogP contribution in [0.5, 0.6) is 0 Å². The van der Waals surface area contributed by atoms with Gasteiger partial charge in [0.2, 0.25) is 5.91 Å². The summed E-state index contributed by atoms with van der Waals surface area (Å²) < 4.78 is 0. The number of carbonyl (C=O) groups is 1. The maximum Gasteiger partial charge on any atom is 1.00 e. The molecule has 0 aliphatic heterocycles. The van der Waals surface area contributed by atoms with Gasteiger partial charge in [0.15, 0.2) is 0 Å². The van der Waals surface area contributed by atoms with Crippen molar-refractivity contribution < 1.29 is 41.3 Å². The van der Waals surface area contributed by atoms with E-state index in [1.165, 1.54) is 23.4 Å². The van der Waals surface area contributed by atoms with Gasteiger partial charge in [0.05, 0.1) is 5.54 Å². The van der Waals surface area contributed by atoms with E-state index in [0.717, 1.165) is 12.8 Å². The maximum absolute atomic E-state index is 11.6. The van der Waals surface area contributed by atoms with E-state index in [1.807, 2.05) is 39.0 Å². The van der Waals surface area contributed by atoms with Crippen LogP contribution >= 0.6 is 24.8 Å². The number of amides is 1. The van der Waals surface area contributed by atoms with Gasteiger partial charge in [-0.2, -0.15) is 0 Å². The molecule has 1 aromatic carbocycles. The Hall–Kier alpha value is 0.190. The van der Waals surface area contributed by atoms with Gasteiger partial charge in [-0.05, 0) is 34.1 Å². The standard InChI is InChI=1S/C11H24N2O.C7H8.2ClH.Na.H2O.H/c1-5-6-7-8-9-10(14)13(12)11(2,3)4;1-7-5-3-2-4-6-7;;;;;/h5-9,12H2,1-4H3;2-6H,1H3;2*1H;;1H2;/q;;;;+1;;-1. The van der Waals surface area contributed by atoms with Crippen LogP contribution in [0.2, 0.25) is 0 Å². The average Bonchev–Trinajstić information content (AvgIpc) is 2.43. The zero-order chi connectivity index (χ0) is 16.3. The molecule has 0 aliphatic carbocycles. The van der Waals surface area contributed by atoms with E-state index in [1.54, 1.807) is 0 Å². The Morgan fingerprint density at radius 3 is 1.88 bits per heavy atom. The van der Waals surface area contributed by atoms with Crippen LogP contribution in [0.4, 0.5) is 0 Å². The van der Waals surface area contributed by atoms with Gasteiger partial charge in [-0.1, -0.05) is 62.1 Å². The molecular weight excluding hydrogens is 370 g/mol. The molecule has 0 unspecified atom stereocenters. The molecular formula is C18H37Cl2N2NaO2. The minimum absolute atomic E-state index is 0. The number of hydrazine groups is 1. The molecule has 4 nitrogen and oxygen atoms in total. The Labute approximate surface area is 190 Å². The summed E-state index contributed by atoms with van der Waals surface area (Å²) in [7, 11) is 0. The van der Waals surface area contributed by atoms with E-state index in [0.29, 0.717) is 6.42 Å². The van der Waals surface area contributed by atoms with Crippen molar-refractivity contribution in [2.45, 2.75) is 72.3 Å². The number of hydrogen-bond donors (Lipinski definition) is 1. The molecule has 0 bridgehead atoms. The van der Waals surface area contributed by atoms with Crippen molar-refractivity contribution in [3.63, 3.8) is 0 Å². The summed E-state index contributed by atoms with van der Waals surface area (Å²) >= 11 is 0. The Morgan fingerprint density at radius 2 is 1.56 bits per heavy atom. The number of nitrogens with zero attached hydrogens (tertiary/aromatic N) is 1. The quantitative estimate of drug-likeness (QED) is 0.265. The van der Waals surface area contributed by atoms with Crippen molar-refractivity contribution in [3.8, 4) is 0 Å². The topological polar surface area (TPSA) is 77.8 Å². The van der Waals surface area contributed by atoms with E-state index in [2.05, 4.69) is 26.0 Å². The number of aryl methyl sites for hydroxylation is 1. The van der Waals surface area contributed by atoms with Crippen LogP contribution in [0.15, 0.2) is 30.3 Å². The summed E-state index contributed by atoms with van der Waals surface area (Å²) in [5.74, 6) is 5.74. The van der Waals surface area contributed by atoms with Crippen molar-refractivity contribution in [1.29, 1.82) is 0 Å². The van der Waals surface area contributed by atoms with Crippen LogP contribution in [0, 0.1) is 6.92 Å². The van der Waals surface area contributed by atoms with Gasteiger partial charge in [0.1, 0.15) is 0 Å². The number of unbranched alkanes of at least 4 members (excludes halogenated alkanes) is 3. The van der Waals surface area contributed by atoms with Crippen molar-refractivity contribution in [2.75, 3.05) is 0 Å². The zero-order valence-corrected chi connectivity index (χ0v) is 20.3. The second-order valence-electron chi connectivity index (χ2n) is 6.40. The fourth-order valence-corrected chi connectivity index (χ4v) is 1.73. The smallest absolute Gasteiger partial charge is 1.00 e. The molecule has 0 radical (unpaired) electrons. The predicted octanol–water partition coefficient (Wildman–Crippen LogP) is 1.59. The SMILES string of the molecule is CCCCCCC(=O)N(N)C(C)(C)C.Cc1ccccc1.Cl.Cl.O.[H-].[Na+]. The monoisotopic (exact) mass is 406 g/mol. The minimum atomic E-state index is -0.262. The fraction of sp³-hybridized carbons (Fsp3) is 0.611. The molecule has 0 spiro atoms. The van der Waals surface area contributed by atoms with Crippen molar-refractivity contribution in [1.82, 2.24) is 5.01 Å². The Kier molecular flexibility index (Phi) is 29.7. The van der Waals surface area contributed by atoms with Crippen LogP contribution in [0.3, 0.4) is 0 Å². The number of hydrogen-bond acceptors (Lipinski definition) is 2. The molecule has 1 aromatic rings. The molecule has 0 heterocycles. The van der Waals surface area contributed by atoms with Gasteiger partial charge in [-0.15, -0.1) is 24.8 Å². The number of halogens is 2. The Bertz CT molecular complexity index is 408. The second kappa shape index (κ2) is 20.5. The van der Waals surface area contributed by atoms with Gasteiger partial charge >= 0.3 is 29.6 Å². The second-order valence-corrected chi connectivity index (χ2v) is 6.40. The van der Waals surface area contributed by atoms with Crippen molar-refractivity contribution in [3.05, 3.63) is 35.9 Å². The summed E-state index contributed by atoms with van der Waals surface area (Å²) in [4.78, 5) is 11.6. The van der Waals surface area contributed by atoms with Gasteiger partial charge in [-0.3, -0.25) is 9.80 Å². The Balaban J connectivity index is -0.0000000726. The number of nitrogens with two attached hydrogens (primary N) is 1. The average molecular weight is 407 g/mol. The zero-order valence-electron chi connectivity index (χ0n) is 17.7. The largest absolute Gasteiger partial charge is 1.00 e. The van der Waals surface area contributed by atoms with Gasteiger partial charge in [-0.25, -0.2) is 5.84 Å². The third kappa shape index (κ3) is 20.4. The molecule has 0 saturated carbocycles. The fourth-order valence-electron chi connectivity index (χ4n) is 1.73. The van der Waals surface area contributed by atoms with Crippen molar-refractivity contribution in [2.24, 2.45) is 5.84 Å². The first-order valence-corrected chi connectivity index (χ1v) is 7.88. The molecule has 0 fully saturated rings. The van der Waals surface area contributed by atoms with E-state index in [9.17, 15) is 4.79 Å². The normalized spacial score (nSPS) is 8.88. The number of carbonyl (C=O) groups excluding carboxylic acids is 1.